The first kappa shape index (κ1) is 14.9. The Morgan fingerprint density at radius 2 is 1.59 bits per heavy atom. The molecule has 116 valence electrons. The number of benzene rings is 2. The third-order valence-corrected chi connectivity index (χ3v) is 4.08. The van der Waals surface area contributed by atoms with Gasteiger partial charge in [0, 0.05) is 19.1 Å². The van der Waals surface area contributed by atoms with Crippen LogP contribution in [-0.4, -0.2) is 31.2 Å². The van der Waals surface area contributed by atoms with Gasteiger partial charge in [0.15, 0.2) is 0 Å². The molecule has 0 bridgehead atoms. The fraction of sp³-hybridized carbons (Fsp3) is 0.368. The largest absolute Gasteiger partial charge is 0.497 e. The molecule has 2 unspecified atom stereocenters. The second-order valence-electron chi connectivity index (χ2n) is 5.71. The van der Waals surface area contributed by atoms with Gasteiger partial charge in [-0.1, -0.05) is 24.3 Å². The molecule has 1 fully saturated rings. The molecule has 0 aromatic heterocycles. The van der Waals surface area contributed by atoms with Crippen LogP contribution in [-0.2, 0) is 13.0 Å². The predicted molar refractivity (Wildman–Crippen MR) is 88.5 cm³/mol. The molecule has 3 nitrogen and oxygen atoms in total. The van der Waals surface area contributed by atoms with Gasteiger partial charge >= 0.3 is 0 Å². The molecule has 1 aliphatic heterocycles. The molecule has 0 spiro atoms. The van der Waals surface area contributed by atoms with E-state index in [1.165, 1.54) is 17.7 Å². The molecule has 0 N–H and O–H groups in total. The fourth-order valence-electron chi connectivity index (χ4n) is 2.74. The summed E-state index contributed by atoms with van der Waals surface area (Å²) in [6.45, 7) is 4.93. The van der Waals surface area contributed by atoms with Gasteiger partial charge in [-0.05, 0) is 48.7 Å². The molecule has 1 aliphatic rings. The maximum atomic E-state index is 5.48. The zero-order chi connectivity index (χ0) is 15.4. The summed E-state index contributed by atoms with van der Waals surface area (Å²) in [4.78, 5) is 2.50. The molecular weight excluding hydrogens is 274 g/mol. The van der Waals surface area contributed by atoms with Crippen LogP contribution in [0.3, 0.4) is 0 Å². The monoisotopic (exact) mass is 297 g/mol. The molecule has 3 heteroatoms. The van der Waals surface area contributed by atoms with E-state index in [1.54, 1.807) is 7.11 Å². The van der Waals surface area contributed by atoms with E-state index in [1.807, 2.05) is 19.1 Å². The van der Waals surface area contributed by atoms with E-state index in [4.69, 9.17) is 9.47 Å². The van der Waals surface area contributed by atoms with Crippen molar-refractivity contribution in [3.8, 4) is 11.5 Å². The molecule has 3 rings (SSSR count). The second-order valence-corrected chi connectivity index (χ2v) is 5.71. The van der Waals surface area contributed by atoms with Gasteiger partial charge in [-0.2, -0.15) is 0 Å². The Labute approximate surface area is 132 Å². The standard InChI is InChI=1S/C19H23NO2/c1-3-22-19-10-4-15(5-11-19)12-17-14-20(17)13-16-6-8-18(21-2)9-7-16/h4-11,17H,3,12-14H2,1-2H3. The number of methoxy groups -OCH3 is 1. The van der Waals surface area contributed by atoms with Gasteiger partial charge < -0.3 is 9.47 Å². The van der Waals surface area contributed by atoms with Crippen molar-refractivity contribution in [1.29, 1.82) is 0 Å². The van der Waals surface area contributed by atoms with Crippen LogP contribution in [0.15, 0.2) is 48.5 Å². The highest BCUT2D eigenvalue weighted by Gasteiger charge is 2.33. The first-order chi connectivity index (χ1) is 10.8. The molecule has 0 aliphatic carbocycles. The van der Waals surface area contributed by atoms with E-state index >= 15 is 0 Å². The quantitative estimate of drug-likeness (QED) is 0.730. The highest BCUT2D eigenvalue weighted by molar-refractivity contribution is 5.29. The Morgan fingerprint density at radius 1 is 0.955 bits per heavy atom. The first-order valence-electron chi connectivity index (χ1n) is 7.87. The van der Waals surface area contributed by atoms with Crippen LogP contribution in [0.4, 0.5) is 0 Å². The van der Waals surface area contributed by atoms with Gasteiger partial charge in [-0.15, -0.1) is 0 Å². The molecular formula is C19H23NO2. The molecule has 0 saturated carbocycles. The molecule has 2 atom stereocenters. The van der Waals surface area contributed by atoms with Crippen molar-refractivity contribution in [2.45, 2.75) is 25.9 Å². The minimum Gasteiger partial charge on any atom is -0.497 e. The van der Waals surface area contributed by atoms with Crippen LogP contribution in [0.1, 0.15) is 18.1 Å². The smallest absolute Gasteiger partial charge is 0.119 e. The average molecular weight is 297 g/mol. The lowest BCUT2D eigenvalue weighted by molar-refractivity contribution is 0.340. The molecule has 1 saturated heterocycles. The maximum Gasteiger partial charge on any atom is 0.119 e. The zero-order valence-electron chi connectivity index (χ0n) is 13.3. The lowest BCUT2D eigenvalue weighted by Gasteiger charge is -2.07. The average Bonchev–Trinajstić information content (AvgIpc) is 3.28. The summed E-state index contributed by atoms with van der Waals surface area (Å²) in [7, 11) is 1.70. The minimum atomic E-state index is 0.667. The Bertz CT molecular complexity index is 592. The lowest BCUT2D eigenvalue weighted by Crippen LogP contribution is -2.04. The normalized spacial score (nSPS) is 19.7. The summed E-state index contributed by atoms with van der Waals surface area (Å²) in [5.74, 6) is 1.87. The molecule has 0 amide bonds. The maximum absolute atomic E-state index is 5.48. The highest BCUT2D eigenvalue weighted by atomic mass is 16.5. The van der Waals surface area contributed by atoms with Gasteiger partial charge in [-0.25, -0.2) is 0 Å². The Balaban J connectivity index is 1.49. The number of rotatable bonds is 7. The molecule has 22 heavy (non-hydrogen) atoms. The van der Waals surface area contributed by atoms with Crippen LogP contribution in [0, 0.1) is 0 Å². The minimum absolute atomic E-state index is 0.667. The predicted octanol–water partition coefficient (Wildman–Crippen LogP) is 3.52. The summed E-state index contributed by atoms with van der Waals surface area (Å²) in [5.41, 5.74) is 2.72. The van der Waals surface area contributed by atoms with E-state index in [0.717, 1.165) is 31.1 Å². The van der Waals surface area contributed by atoms with Crippen molar-refractivity contribution in [2.24, 2.45) is 0 Å². The third kappa shape index (κ3) is 3.80. The number of hydrogen-bond donors (Lipinski definition) is 0. The van der Waals surface area contributed by atoms with Crippen molar-refractivity contribution in [2.75, 3.05) is 20.3 Å². The van der Waals surface area contributed by atoms with Crippen molar-refractivity contribution in [3.05, 3.63) is 59.7 Å². The molecule has 0 radical (unpaired) electrons. The summed E-state index contributed by atoms with van der Waals surface area (Å²) >= 11 is 0. The third-order valence-electron chi connectivity index (χ3n) is 4.08. The number of nitrogens with zero attached hydrogens (tertiary/aromatic N) is 1. The lowest BCUT2D eigenvalue weighted by atomic mass is 10.1. The van der Waals surface area contributed by atoms with E-state index in [-0.39, 0.29) is 0 Å². The Morgan fingerprint density at radius 3 is 2.23 bits per heavy atom. The number of ether oxygens (including phenoxy) is 2. The summed E-state index contributed by atoms with van der Waals surface area (Å²) < 4.78 is 10.7. The molecule has 2 aromatic carbocycles. The fourth-order valence-corrected chi connectivity index (χ4v) is 2.74. The van der Waals surface area contributed by atoms with Crippen molar-refractivity contribution in [3.63, 3.8) is 0 Å². The van der Waals surface area contributed by atoms with Gasteiger partial charge in [-0.3, -0.25) is 4.90 Å². The Kier molecular flexibility index (Phi) is 4.64. The number of hydrogen-bond acceptors (Lipinski definition) is 3. The van der Waals surface area contributed by atoms with Gasteiger partial charge in [0.2, 0.25) is 0 Å². The molecule has 2 aromatic rings. The van der Waals surface area contributed by atoms with Crippen molar-refractivity contribution < 1.29 is 9.47 Å². The van der Waals surface area contributed by atoms with E-state index in [2.05, 4.69) is 41.3 Å². The van der Waals surface area contributed by atoms with Gasteiger partial charge in [0.25, 0.3) is 0 Å². The summed E-state index contributed by atoms with van der Waals surface area (Å²) in [6.07, 6.45) is 1.11. The second kappa shape index (κ2) is 6.84. The first-order valence-corrected chi connectivity index (χ1v) is 7.87. The van der Waals surface area contributed by atoms with Crippen LogP contribution >= 0.6 is 0 Å². The van der Waals surface area contributed by atoms with Crippen molar-refractivity contribution >= 4 is 0 Å². The van der Waals surface area contributed by atoms with Crippen molar-refractivity contribution in [1.82, 2.24) is 4.90 Å². The highest BCUT2D eigenvalue weighted by Crippen LogP contribution is 2.26. The van der Waals surface area contributed by atoms with E-state index in [0.29, 0.717) is 6.04 Å². The van der Waals surface area contributed by atoms with Gasteiger partial charge in [0.1, 0.15) is 11.5 Å². The van der Waals surface area contributed by atoms with Crippen LogP contribution in [0.5, 0.6) is 11.5 Å². The summed E-state index contributed by atoms with van der Waals surface area (Å²) in [5, 5.41) is 0. The van der Waals surface area contributed by atoms with Gasteiger partial charge in [0.05, 0.1) is 13.7 Å². The van der Waals surface area contributed by atoms with Crippen LogP contribution in [0.2, 0.25) is 0 Å². The topological polar surface area (TPSA) is 21.5 Å². The van der Waals surface area contributed by atoms with Crippen LogP contribution < -0.4 is 9.47 Å². The zero-order valence-corrected chi connectivity index (χ0v) is 13.3. The summed E-state index contributed by atoms with van der Waals surface area (Å²) in [6, 6.07) is 17.5. The van der Waals surface area contributed by atoms with Crippen LogP contribution in [0.25, 0.3) is 0 Å². The van der Waals surface area contributed by atoms with E-state index < -0.39 is 0 Å². The Hall–Kier alpha value is -2.00. The molecule has 1 heterocycles. The SMILES string of the molecule is CCOc1ccc(CC2CN2Cc2ccc(OC)cc2)cc1. The van der Waals surface area contributed by atoms with E-state index in [9.17, 15) is 0 Å².